The zero-order valence-electron chi connectivity index (χ0n) is 21.6. The number of rotatable bonds is 2. The third-order valence-corrected chi connectivity index (χ3v) is 12.9. The standard InChI is InChI=1S/C29H42O5/c1-17-23(32)21(31)14-20-18-6-8-28(5)22-15-26(3,24(33)34)11-10-25(22,2)12-13-27(28,4)19(18)7-9-29(17,20)16-30/h16,18-20,22,32H,6-15H2,1-5H3,(H,33,34). The van der Waals surface area contributed by atoms with E-state index in [0.717, 1.165) is 57.7 Å². The molecule has 0 saturated heterocycles. The van der Waals surface area contributed by atoms with Gasteiger partial charge < -0.3 is 15.0 Å². The van der Waals surface area contributed by atoms with E-state index >= 15 is 0 Å². The third kappa shape index (κ3) is 2.76. The second kappa shape index (κ2) is 7.20. The van der Waals surface area contributed by atoms with Crippen LogP contribution in [0.5, 0.6) is 0 Å². The van der Waals surface area contributed by atoms with Crippen molar-refractivity contribution in [1.29, 1.82) is 0 Å². The van der Waals surface area contributed by atoms with Crippen molar-refractivity contribution in [1.82, 2.24) is 0 Å². The molecule has 5 aliphatic carbocycles. The fourth-order valence-electron chi connectivity index (χ4n) is 10.2. The van der Waals surface area contributed by atoms with Gasteiger partial charge >= 0.3 is 5.97 Å². The molecule has 5 heteroatoms. The van der Waals surface area contributed by atoms with E-state index in [1.165, 1.54) is 0 Å². The first-order chi connectivity index (χ1) is 15.8. The Kier molecular flexibility index (Phi) is 5.09. The number of aliphatic carboxylic acids is 1. The van der Waals surface area contributed by atoms with Crippen molar-refractivity contribution in [2.24, 2.45) is 50.7 Å². The normalized spacial score (nSPS) is 52.7. The van der Waals surface area contributed by atoms with Gasteiger partial charge in [-0.3, -0.25) is 9.59 Å². The first-order valence-electron chi connectivity index (χ1n) is 13.4. The Morgan fingerprint density at radius 2 is 1.62 bits per heavy atom. The van der Waals surface area contributed by atoms with Gasteiger partial charge in [-0.2, -0.15) is 0 Å². The van der Waals surface area contributed by atoms with Gasteiger partial charge in [-0.25, -0.2) is 0 Å². The molecule has 0 spiro atoms. The number of carboxylic acids is 1. The Bertz CT molecular complexity index is 983. The molecule has 4 saturated carbocycles. The number of carboxylic acid groups (broad SMARTS) is 1. The molecule has 4 fully saturated rings. The first kappa shape index (κ1) is 24.1. The lowest BCUT2D eigenvalue weighted by Crippen LogP contribution is -2.65. The van der Waals surface area contributed by atoms with Gasteiger partial charge in [0.05, 0.1) is 10.8 Å². The number of carbonyl (C=O) groups excluding carboxylic acids is 2. The van der Waals surface area contributed by atoms with Gasteiger partial charge in [-0.05, 0) is 117 Å². The van der Waals surface area contributed by atoms with Crippen molar-refractivity contribution in [2.45, 2.75) is 98.8 Å². The third-order valence-electron chi connectivity index (χ3n) is 12.9. The fraction of sp³-hybridized carbons (Fsp3) is 0.828. The zero-order valence-corrected chi connectivity index (χ0v) is 21.6. The summed E-state index contributed by atoms with van der Waals surface area (Å²) in [5.41, 5.74) is -0.488. The van der Waals surface area contributed by atoms with Crippen LogP contribution < -0.4 is 0 Å². The summed E-state index contributed by atoms with van der Waals surface area (Å²) in [5, 5.41) is 20.5. The van der Waals surface area contributed by atoms with Crippen LogP contribution in [0.15, 0.2) is 11.3 Å². The van der Waals surface area contributed by atoms with Gasteiger partial charge in [-0.15, -0.1) is 0 Å². The molecule has 0 aliphatic heterocycles. The predicted molar refractivity (Wildman–Crippen MR) is 129 cm³/mol. The van der Waals surface area contributed by atoms with Crippen LogP contribution in [0.4, 0.5) is 0 Å². The monoisotopic (exact) mass is 470 g/mol. The number of aliphatic hydroxyl groups is 1. The summed E-state index contributed by atoms with van der Waals surface area (Å²) in [5.74, 6) is 0.00595. The summed E-state index contributed by atoms with van der Waals surface area (Å²) in [6.45, 7) is 11.0. The smallest absolute Gasteiger partial charge is 0.309 e. The Labute approximate surface area is 203 Å². The molecule has 0 amide bonds. The number of hydrogen-bond acceptors (Lipinski definition) is 4. The van der Waals surface area contributed by atoms with Gasteiger partial charge in [0.15, 0.2) is 11.5 Å². The van der Waals surface area contributed by atoms with Crippen LogP contribution in [-0.4, -0.2) is 28.3 Å². The van der Waals surface area contributed by atoms with E-state index < -0.39 is 16.8 Å². The lowest BCUT2D eigenvalue weighted by Gasteiger charge is -2.71. The van der Waals surface area contributed by atoms with Crippen molar-refractivity contribution >= 4 is 18.0 Å². The topological polar surface area (TPSA) is 91.7 Å². The van der Waals surface area contributed by atoms with Crippen molar-refractivity contribution in [3.63, 3.8) is 0 Å². The van der Waals surface area contributed by atoms with Gasteiger partial charge in [0.1, 0.15) is 6.29 Å². The quantitative estimate of drug-likeness (QED) is 0.475. The maximum absolute atomic E-state index is 12.7. The summed E-state index contributed by atoms with van der Waals surface area (Å²) in [7, 11) is 0. The van der Waals surface area contributed by atoms with E-state index in [1.54, 1.807) is 6.92 Å². The number of allylic oxidation sites excluding steroid dienone is 2. The lowest BCUT2D eigenvalue weighted by molar-refractivity contribution is -0.224. The molecule has 2 N–H and O–H groups in total. The van der Waals surface area contributed by atoms with Crippen LogP contribution in [-0.2, 0) is 14.4 Å². The highest BCUT2D eigenvalue weighted by Gasteiger charge is 2.69. The molecule has 0 bridgehead atoms. The highest BCUT2D eigenvalue weighted by atomic mass is 16.4. The lowest BCUT2D eigenvalue weighted by atomic mass is 9.33. The molecular formula is C29H42O5. The summed E-state index contributed by atoms with van der Waals surface area (Å²) in [6, 6.07) is 0. The van der Waals surface area contributed by atoms with Gasteiger partial charge in [0.25, 0.3) is 0 Å². The van der Waals surface area contributed by atoms with Crippen LogP contribution in [0.1, 0.15) is 98.8 Å². The minimum atomic E-state index is -0.709. The molecule has 5 nitrogen and oxygen atoms in total. The van der Waals surface area contributed by atoms with Crippen molar-refractivity contribution in [3.8, 4) is 0 Å². The highest BCUT2D eigenvalue weighted by Crippen LogP contribution is 2.75. The Morgan fingerprint density at radius 1 is 0.941 bits per heavy atom. The van der Waals surface area contributed by atoms with Gasteiger partial charge in [-0.1, -0.05) is 20.8 Å². The number of aliphatic hydroxyl groups excluding tert-OH is 1. The zero-order chi connectivity index (χ0) is 24.9. The first-order valence-corrected chi connectivity index (χ1v) is 13.4. The summed E-state index contributed by atoms with van der Waals surface area (Å²) in [6.07, 6.45) is 9.71. The highest BCUT2D eigenvalue weighted by molar-refractivity contribution is 5.97. The average Bonchev–Trinajstić information content (AvgIpc) is 2.80. The molecule has 188 valence electrons. The fourth-order valence-corrected chi connectivity index (χ4v) is 10.2. The molecule has 0 aromatic carbocycles. The molecular weight excluding hydrogens is 428 g/mol. The van der Waals surface area contributed by atoms with Crippen LogP contribution in [0.25, 0.3) is 0 Å². The van der Waals surface area contributed by atoms with Crippen LogP contribution >= 0.6 is 0 Å². The number of ketones is 1. The Hall–Kier alpha value is -1.65. The van der Waals surface area contributed by atoms with E-state index in [0.29, 0.717) is 29.7 Å². The van der Waals surface area contributed by atoms with Gasteiger partial charge in [0, 0.05) is 6.42 Å². The van der Waals surface area contributed by atoms with E-state index in [9.17, 15) is 24.6 Å². The summed E-state index contributed by atoms with van der Waals surface area (Å²) in [4.78, 5) is 37.5. The van der Waals surface area contributed by atoms with E-state index in [2.05, 4.69) is 20.8 Å². The van der Waals surface area contributed by atoms with E-state index in [-0.39, 0.29) is 40.1 Å². The molecule has 5 aliphatic rings. The minimum Gasteiger partial charge on any atom is -0.504 e. The molecule has 0 aromatic rings. The molecule has 0 radical (unpaired) electrons. The summed E-state index contributed by atoms with van der Waals surface area (Å²) < 4.78 is 0. The maximum Gasteiger partial charge on any atom is 0.309 e. The number of carbonyl (C=O) groups is 3. The second-order valence-corrected chi connectivity index (χ2v) is 13.8. The number of hydrogen-bond donors (Lipinski definition) is 2. The predicted octanol–water partition coefficient (Wildman–Crippen LogP) is 6.12. The number of Topliss-reactive ketones (excluding diaryl/α,β-unsaturated/α-hetero) is 1. The van der Waals surface area contributed by atoms with E-state index in [4.69, 9.17) is 0 Å². The molecule has 0 heterocycles. The van der Waals surface area contributed by atoms with Crippen LogP contribution in [0.3, 0.4) is 0 Å². The summed E-state index contributed by atoms with van der Waals surface area (Å²) >= 11 is 0. The SMILES string of the molecule is CC1=C(O)C(=O)CC2C3CCC4(C)C5CC(C)(C(=O)O)CCC5(C)CCC4(C)C3CCC12C=O. The average molecular weight is 471 g/mol. The molecule has 9 atom stereocenters. The maximum atomic E-state index is 12.7. The Morgan fingerprint density at radius 3 is 2.26 bits per heavy atom. The largest absolute Gasteiger partial charge is 0.504 e. The van der Waals surface area contributed by atoms with Crippen molar-refractivity contribution in [2.75, 3.05) is 0 Å². The van der Waals surface area contributed by atoms with Crippen molar-refractivity contribution in [3.05, 3.63) is 11.3 Å². The van der Waals surface area contributed by atoms with Crippen molar-refractivity contribution < 1.29 is 24.6 Å². The minimum absolute atomic E-state index is 0.0301. The van der Waals surface area contributed by atoms with Crippen LogP contribution in [0, 0.1) is 50.7 Å². The van der Waals surface area contributed by atoms with Crippen LogP contribution in [0.2, 0.25) is 0 Å². The number of aldehydes is 1. The van der Waals surface area contributed by atoms with Gasteiger partial charge in [0.2, 0.25) is 0 Å². The molecule has 5 rings (SSSR count). The molecule has 0 aromatic heterocycles. The second-order valence-electron chi connectivity index (χ2n) is 13.8. The molecule has 9 unspecified atom stereocenters. The van der Waals surface area contributed by atoms with E-state index in [1.807, 2.05) is 6.92 Å². The Balaban J connectivity index is 1.54. The number of fused-ring (bicyclic) bond motifs is 7. The molecule has 34 heavy (non-hydrogen) atoms.